The third-order valence-electron chi connectivity index (χ3n) is 7.28. The maximum atomic E-state index is 13.7. The summed E-state index contributed by atoms with van der Waals surface area (Å²) in [6.07, 6.45) is -3.51. The molecule has 0 radical (unpaired) electrons. The Bertz CT molecular complexity index is 1760. The number of carbonyl (C=O) groups is 3. The van der Waals surface area contributed by atoms with E-state index in [1.165, 1.54) is 0 Å². The van der Waals surface area contributed by atoms with Crippen LogP contribution in [0.1, 0.15) is 70.7 Å². The molecule has 12 nitrogen and oxygen atoms in total. The van der Waals surface area contributed by atoms with Gasteiger partial charge in [-0.25, -0.2) is 4.79 Å². The number of carboxylic acids is 1. The lowest BCUT2D eigenvalue weighted by Crippen LogP contribution is -2.30. The lowest BCUT2D eigenvalue weighted by Gasteiger charge is -2.26. The zero-order valence-corrected chi connectivity index (χ0v) is 27.3. The van der Waals surface area contributed by atoms with Gasteiger partial charge >= 0.3 is 12.1 Å². The maximum absolute atomic E-state index is 13.7. The van der Waals surface area contributed by atoms with Crippen molar-refractivity contribution in [3.05, 3.63) is 86.3 Å². The molecule has 1 amide bonds. The molecule has 3 aromatic rings. The standard InChI is InChI=1S/C31H37N5O5.C2HF3O2/c1-7-41-26-13-20-16-36(28(32)21(20)14-22(26)30(39)33-5)17-25(37)19-11-23(31(2,3)4)27(40-6)24(12-19)35-15-18-9-8-10-34-29(18)38;3-2(4,5)1(6)7/h8-14,32,35H,7,15-17H2,1-6H3,(H,33,39)(H,34,38);(H,6,7). The predicted molar refractivity (Wildman–Crippen MR) is 172 cm³/mol. The van der Waals surface area contributed by atoms with Crippen LogP contribution in [0.15, 0.2) is 47.4 Å². The number of amidine groups is 1. The van der Waals surface area contributed by atoms with E-state index in [4.69, 9.17) is 24.8 Å². The molecule has 0 saturated heterocycles. The van der Waals surface area contributed by atoms with Crippen molar-refractivity contribution in [3.8, 4) is 11.5 Å². The molecule has 1 aliphatic rings. The summed E-state index contributed by atoms with van der Waals surface area (Å²) in [5, 5.41) is 21.8. The third kappa shape index (κ3) is 8.72. The summed E-state index contributed by atoms with van der Waals surface area (Å²) in [7, 11) is 3.13. The Labute approximate surface area is 274 Å². The minimum absolute atomic E-state index is 0.0273. The van der Waals surface area contributed by atoms with Crippen molar-refractivity contribution in [1.29, 1.82) is 5.41 Å². The molecular weight excluding hydrogens is 635 g/mol. The number of aromatic amines is 1. The molecule has 2 aromatic carbocycles. The van der Waals surface area contributed by atoms with Gasteiger partial charge in [0.1, 0.15) is 17.3 Å². The Morgan fingerprint density at radius 2 is 1.79 bits per heavy atom. The maximum Gasteiger partial charge on any atom is 0.490 e. The number of hydrogen-bond donors (Lipinski definition) is 5. The van der Waals surface area contributed by atoms with Gasteiger partial charge in [0.15, 0.2) is 5.78 Å². The van der Waals surface area contributed by atoms with Gasteiger partial charge < -0.3 is 35.1 Å². The Morgan fingerprint density at radius 3 is 2.33 bits per heavy atom. The summed E-state index contributed by atoms with van der Waals surface area (Å²) in [6, 6.07) is 10.5. The fourth-order valence-corrected chi connectivity index (χ4v) is 4.90. The summed E-state index contributed by atoms with van der Waals surface area (Å²) >= 11 is 0. The SMILES string of the molecule is CCOc1cc2c(cc1C(=O)NC)C(=N)N(CC(=O)c1cc(NCc3ccc[nH]c3=O)c(OC)c(C(C)(C)C)c1)C2.O=C(O)C(F)(F)F. The van der Waals surface area contributed by atoms with Crippen LogP contribution in [0.3, 0.4) is 0 Å². The number of anilines is 1. The van der Waals surface area contributed by atoms with E-state index >= 15 is 0 Å². The molecule has 4 rings (SSSR count). The number of H-pyrrole nitrogens is 1. The van der Waals surface area contributed by atoms with Crippen LogP contribution < -0.4 is 25.7 Å². The number of fused-ring (bicyclic) bond motifs is 1. The molecule has 0 aliphatic carbocycles. The summed E-state index contributed by atoms with van der Waals surface area (Å²) in [4.78, 5) is 51.6. The van der Waals surface area contributed by atoms with E-state index in [1.807, 2.05) is 33.8 Å². The number of alkyl halides is 3. The number of pyridine rings is 1. The number of nitrogens with zero attached hydrogens (tertiary/aromatic N) is 1. The van der Waals surface area contributed by atoms with Gasteiger partial charge in [-0.15, -0.1) is 0 Å². The number of halogens is 3. The fraction of sp³-hybridized carbons (Fsp3) is 0.364. The van der Waals surface area contributed by atoms with Gasteiger partial charge in [-0.1, -0.05) is 26.8 Å². The highest BCUT2D eigenvalue weighted by atomic mass is 19.4. The summed E-state index contributed by atoms with van der Waals surface area (Å²) in [5.74, 6) is -2.00. The van der Waals surface area contributed by atoms with Crippen molar-refractivity contribution in [2.45, 2.75) is 52.4 Å². The molecule has 0 saturated carbocycles. The van der Waals surface area contributed by atoms with Crippen LogP contribution in [0.25, 0.3) is 0 Å². The van der Waals surface area contributed by atoms with Crippen LogP contribution >= 0.6 is 0 Å². The van der Waals surface area contributed by atoms with E-state index in [1.54, 1.807) is 55.6 Å². The van der Waals surface area contributed by atoms with Crippen molar-refractivity contribution >= 4 is 29.2 Å². The molecule has 0 unspecified atom stereocenters. The molecule has 0 atom stereocenters. The Balaban J connectivity index is 0.000000804. The molecule has 48 heavy (non-hydrogen) atoms. The van der Waals surface area contributed by atoms with Gasteiger partial charge in [-0.2, -0.15) is 13.2 Å². The number of benzene rings is 2. The lowest BCUT2D eigenvalue weighted by molar-refractivity contribution is -0.192. The van der Waals surface area contributed by atoms with Crippen molar-refractivity contribution in [3.63, 3.8) is 0 Å². The quantitative estimate of drug-likeness (QED) is 0.191. The van der Waals surface area contributed by atoms with E-state index < -0.39 is 12.1 Å². The van der Waals surface area contributed by atoms with Gasteiger partial charge in [0.2, 0.25) is 0 Å². The molecule has 2 heterocycles. The minimum Gasteiger partial charge on any atom is -0.494 e. The van der Waals surface area contributed by atoms with Gasteiger partial charge in [0.25, 0.3) is 11.5 Å². The van der Waals surface area contributed by atoms with Crippen molar-refractivity contribution < 1.29 is 42.1 Å². The number of aliphatic carboxylic acids is 1. The highest BCUT2D eigenvalue weighted by Gasteiger charge is 2.38. The van der Waals surface area contributed by atoms with Gasteiger partial charge in [0, 0.05) is 48.6 Å². The fourth-order valence-electron chi connectivity index (χ4n) is 4.90. The number of ether oxygens (including phenoxy) is 2. The van der Waals surface area contributed by atoms with Crippen LogP contribution in [0.5, 0.6) is 11.5 Å². The second kappa shape index (κ2) is 15.0. The number of rotatable bonds is 10. The first-order chi connectivity index (χ1) is 22.4. The number of carbonyl (C=O) groups excluding carboxylic acids is 2. The largest absolute Gasteiger partial charge is 0.494 e. The first-order valence-electron chi connectivity index (χ1n) is 14.7. The number of ketones is 1. The number of aromatic nitrogens is 1. The number of hydrogen-bond acceptors (Lipinski definition) is 8. The topological polar surface area (TPSA) is 174 Å². The van der Waals surface area contributed by atoms with E-state index in [-0.39, 0.29) is 41.6 Å². The first kappa shape index (κ1) is 37.1. The third-order valence-corrected chi connectivity index (χ3v) is 7.28. The molecule has 1 aromatic heterocycles. The highest BCUT2D eigenvalue weighted by molar-refractivity contribution is 6.08. The van der Waals surface area contributed by atoms with Gasteiger partial charge in [-0.05, 0) is 48.2 Å². The van der Waals surface area contributed by atoms with Crippen LogP contribution in [0, 0.1) is 5.41 Å². The van der Waals surface area contributed by atoms with Crippen molar-refractivity contribution in [2.24, 2.45) is 0 Å². The molecule has 258 valence electrons. The monoisotopic (exact) mass is 673 g/mol. The van der Waals surface area contributed by atoms with Crippen LogP contribution in [-0.4, -0.2) is 72.0 Å². The average molecular weight is 674 g/mol. The Hall–Kier alpha value is -5.34. The Morgan fingerprint density at radius 1 is 1.12 bits per heavy atom. The first-order valence-corrected chi connectivity index (χ1v) is 14.7. The van der Waals surface area contributed by atoms with Crippen LogP contribution in [-0.2, 0) is 23.3 Å². The molecule has 1 aliphatic heterocycles. The number of amides is 1. The zero-order chi connectivity index (χ0) is 36.0. The van der Waals surface area contributed by atoms with E-state index in [0.29, 0.717) is 52.6 Å². The predicted octanol–water partition coefficient (Wildman–Crippen LogP) is 4.71. The number of nitrogens with one attached hydrogen (secondary N) is 4. The van der Waals surface area contributed by atoms with Crippen LogP contribution in [0.4, 0.5) is 18.9 Å². The minimum atomic E-state index is -5.08. The zero-order valence-electron chi connectivity index (χ0n) is 27.3. The number of carboxylic acid groups (broad SMARTS) is 1. The summed E-state index contributed by atoms with van der Waals surface area (Å²) in [5.41, 5.74) is 3.68. The highest BCUT2D eigenvalue weighted by Crippen LogP contribution is 2.39. The molecule has 0 bridgehead atoms. The van der Waals surface area contributed by atoms with E-state index in [9.17, 15) is 27.6 Å². The normalized spacial score (nSPS) is 12.4. The van der Waals surface area contributed by atoms with Gasteiger partial charge in [-0.3, -0.25) is 19.8 Å². The number of Topliss-reactive ketones (excluding diaryl/α,β-unsaturated/α-hetero) is 1. The second-order valence-corrected chi connectivity index (χ2v) is 11.7. The number of methoxy groups -OCH3 is 1. The van der Waals surface area contributed by atoms with Crippen LogP contribution in [0.2, 0.25) is 0 Å². The Kier molecular flexibility index (Phi) is 11.6. The lowest BCUT2D eigenvalue weighted by atomic mass is 9.84. The molecule has 0 spiro atoms. The average Bonchev–Trinajstić information content (AvgIpc) is 3.32. The smallest absolute Gasteiger partial charge is 0.490 e. The van der Waals surface area contributed by atoms with E-state index in [2.05, 4.69) is 15.6 Å². The summed E-state index contributed by atoms with van der Waals surface area (Å²) < 4.78 is 43.2. The molecule has 0 fully saturated rings. The molecule has 5 N–H and O–H groups in total. The molecule has 15 heteroatoms. The van der Waals surface area contributed by atoms with Crippen molar-refractivity contribution in [1.82, 2.24) is 15.2 Å². The second-order valence-electron chi connectivity index (χ2n) is 11.7. The van der Waals surface area contributed by atoms with E-state index in [0.717, 1.165) is 11.1 Å². The van der Waals surface area contributed by atoms with Gasteiger partial charge in [0.05, 0.1) is 31.5 Å². The molecular formula is C33H38F3N5O7. The summed E-state index contributed by atoms with van der Waals surface area (Å²) in [6.45, 7) is 8.92. The van der Waals surface area contributed by atoms with Crippen molar-refractivity contribution in [2.75, 3.05) is 32.6 Å².